The molecule has 1 amide bonds. The highest BCUT2D eigenvalue weighted by Gasteiger charge is 2.36. The zero-order valence-corrected chi connectivity index (χ0v) is 11.5. The number of aromatic nitrogens is 1. The predicted octanol–water partition coefficient (Wildman–Crippen LogP) is 2.87. The van der Waals surface area contributed by atoms with Gasteiger partial charge in [0.05, 0.1) is 5.01 Å². The van der Waals surface area contributed by atoms with Crippen molar-refractivity contribution in [1.29, 1.82) is 0 Å². The van der Waals surface area contributed by atoms with Gasteiger partial charge in [-0.1, -0.05) is 12.8 Å². The van der Waals surface area contributed by atoms with Crippen LogP contribution in [0.4, 0.5) is 0 Å². The van der Waals surface area contributed by atoms with E-state index in [9.17, 15) is 4.79 Å². The van der Waals surface area contributed by atoms with E-state index in [2.05, 4.69) is 9.88 Å². The second kappa shape index (κ2) is 5.39. The number of rotatable bonds is 5. The smallest absolute Gasteiger partial charge is 0.225 e. The number of nitrogens with zero attached hydrogens (tertiary/aromatic N) is 2. The van der Waals surface area contributed by atoms with E-state index in [4.69, 9.17) is 0 Å². The normalized spacial score (nSPS) is 20.2. The molecular formula is C14H20N2OS. The molecule has 98 valence electrons. The first-order valence-electron chi connectivity index (χ1n) is 7.03. The largest absolute Gasteiger partial charge is 0.339 e. The van der Waals surface area contributed by atoms with E-state index in [1.165, 1.54) is 25.7 Å². The molecule has 0 aliphatic heterocycles. The Morgan fingerprint density at radius 1 is 1.33 bits per heavy atom. The summed E-state index contributed by atoms with van der Waals surface area (Å²) in [5.74, 6) is 0.744. The van der Waals surface area contributed by atoms with E-state index in [0.29, 0.717) is 17.9 Å². The van der Waals surface area contributed by atoms with Crippen molar-refractivity contribution in [2.24, 2.45) is 5.92 Å². The van der Waals surface area contributed by atoms with Crippen molar-refractivity contribution in [1.82, 2.24) is 9.88 Å². The molecule has 1 aromatic rings. The van der Waals surface area contributed by atoms with Gasteiger partial charge >= 0.3 is 0 Å². The van der Waals surface area contributed by atoms with Crippen LogP contribution >= 0.6 is 11.3 Å². The number of carbonyl (C=O) groups excluding carboxylic acids is 1. The zero-order chi connectivity index (χ0) is 12.4. The molecule has 3 rings (SSSR count). The lowest BCUT2D eigenvalue weighted by Gasteiger charge is -2.25. The molecule has 2 saturated carbocycles. The van der Waals surface area contributed by atoms with Crippen LogP contribution in [-0.2, 0) is 11.2 Å². The van der Waals surface area contributed by atoms with Crippen molar-refractivity contribution in [3.8, 4) is 0 Å². The third-order valence-corrected chi connectivity index (χ3v) is 4.86. The van der Waals surface area contributed by atoms with E-state index >= 15 is 0 Å². The van der Waals surface area contributed by atoms with Crippen LogP contribution in [0.5, 0.6) is 0 Å². The first kappa shape index (κ1) is 12.2. The standard InChI is InChI=1S/C14H20N2OS/c17-14(11-3-1-2-4-11)16(12-5-6-12)9-7-13-15-8-10-18-13/h8,10-12H,1-7,9H2. The van der Waals surface area contributed by atoms with Crippen LogP contribution in [0.2, 0.25) is 0 Å². The number of hydrogen-bond acceptors (Lipinski definition) is 3. The average Bonchev–Trinajstić information content (AvgIpc) is 2.89. The van der Waals surface area contributed by atoms with Crippen LogP contribution in [0, 0.1) is 5.92 Å². The number of thiazole rings is 1. The van der Waals surface area contributed by atoms with Gasteiger partial charge in [-0.05, 0) is 25.7 Å². The Morgan fingerprint density at radius 2 is 2.11 bits per heavy atom. The molecule has 2 aliphatic carbocycles. The van der Waals surface area contributed by atoms with Gasteiger partial charge in [0, 0.05) is 36.5 Å². The van der Waals surface area contributed by atoms with E-state index in [1.807, 2.05) is 11.6 Å². The molecule has 4 heteroatoms. The Balaban J connectivity index is 1.59. The van der Waals surface area contributed by atoms with Crippen molar-refractivity contribution < 1.29 is 4.79 Å². The van der Waals surface area contributed by atoms with E-state index < -0.39 is 0 Å². The first-order valence-corrected chi connectivity index (χ1v) is 7.91. The SMILES string of the molecule is O=C(C1CCCC1)N(CCc1nccs1)C1CC1. The summed E-state index contributed by atoms with van der Waals surface area (Å²) < 4.78 is 0. The molecule has 0 aromatic carbocycles. The lowest BCUT2D eigenvalue weighted by molar-refractivity contribution is -0.135. The highest BCUT2D eigenvalue weighted by molar-refractivity contribution is 7.09. The zero-order valence-electron chi connectivity index (χ0n) is 10.7. The second-order valence-electron chi connectivity index (χ2n) is 5.42. The Morgan fingerprint density at radius 3 is 2.72 bits per heavy atom. The maximum atomic E-state index is 12.5. The van der Waals surface area contributed by atoms with Crippen molar-refractivity contribution in [3.05, 3.63) is 16.6 Å². The molecule has 2 aliphatic rings. The fourth-order valence-electron chi connectivity index (χ4n) is 2.86. The third kappa shape index (κ3) is 2.74. The van der Waals surface area contributed by atoms with Crippen LogP contribution in [-0.4, -0.2) is 28.4 Å². The van der Waals surface area contributed by atoms with Gasteiger partial charge in [-0.15, -0.1) is 11.3 Å². The minimum Gasteiger partial charge on any atom is -0.339 e. The topological polar surface area (TPSA) is 33.2 Å². The summed E-state index contributed by atoms with van der Waals surface area (Å²) in [5, 5.41) is 3.16. The molecule has 1 heterocycles. The lowest BCUT2D eigenvalue weighted by Crippen LogP contribution is -2.38. The summed E-state index contributed by atoms with van der Waals surface area (Å²) in [6, 6.07) is 0.540. The molecule has 0 unspecified atom stereocenters. The molecule has 0 spiro atoms. The molecule has 3 nitrogen and oxygen atoms in total. The molecule has 0 N–H and O–H groups in total. The van der Waals surface area contributed by atoms with Crippen molar-refractivity contribution in [2.45, 2.75) is 51.0 Å². The lowest BCUT2D eigenvalue weighted by atomic mass is 10.1. The van der Waals surface area contributed by atoms with Crippen LogP contribution in [0.3, 0.4) is 0 Å². The van der Waals surface area contributed by atoms with Gasteiger partial charge in [0.25, 0.3) is 0 Å². The van der Waals surface area contributed by atoms with Gasteiger partial charge in [-0.2, -0.15) is 0 Å². The average molecular weight is 264 g/mol. The van der Waals surface area contributed by atoms with E-state index in [-0.39, 0.29) is 0 Å². The Labute approximate surface area is 112 Å². The van der Waals surface area contributed by atoms with Gasteiger partial charge in [0.1, 0.15) is 0 Å². The van der Waals surface area contributed by atoms with Gasteiger partial charge < -0.3 is 4.90 Å². The highest BCUT2D eigenvalue weighted by Crippen LogP contribution is 2.33. The van der Waals surface area contributed by atoms with Crippen LogP contribution in [0.25, 0.3) is 0 Å². The summed E-state index contributed by atoms with van der Waals surface area (Å²) in [7, 11) is 0. The first-order chi connectivity index (χ1) is 8.84. The van der Waals surface area contributed by atoms with Crippen molar-refractivity contribution >= 4 is 17.2 Å². The summed E-state index contributed by atoms with van der Waals surface area (Å²) in [4.78, 5) is 19.0. The fraction of sp³-hybridized carbons (Fsp3) is 0.714. The van der Waals surface area contributed by atoms with Gasteiger partial charge in [-0.25, -0.2) is 4.98 Å². The molecular weight excluding hydrogens is 244 g/mol. The van der Waals surface area contributed by atoms with Crippen LogP contribution in [0.15, 0.2) is 11.6 Å². The maximum Gasteiger partial charge on any atom is 0.225 e. The summed E-state index contributed by atoms with van der Waals surface area (Å²) in [6.45, 7) is 0.869. The van der Waals surface area contributed by atoms with E-state index in [1.54, 1.807) is 11.3 Å². The predicted molar refractivity (Wildman–Crippen MR) is 72.5 cm³/mol. The number of carbonyl (C=O) groups is 1. The van der Waals surface area contributed by atoms with Gasteiger partial charge in [-0.3, -0.25) is 4.79 Å². The molecule has 0 atom stereocenters. The van der Waals surface area contributed by atoms with E-state index in [0.717, 1.165) is 30.8 Å². The fourth-order valence-corrected chi connectivity index (χ4v) is 3.47. The molecule has 0 saturated heterocycles. The minimum atomic E-state index is 0.321. The highest BCUT2D eigenvalue weighted by atomic mass is 32.1. The Kier molecular flexibility index (Phi) is 3.64. The molecule has 2 fully saturated rings. The number of amides is 1. The monoisotopic (exact) mass is 264 g/mol. The van der Waals surface area contributed by atoms with Crippen LogP contribution in [0.1, 0.15) is 43.5 Å². The summed E-state index contributed by atoms with van der Waals surface area (Å²) >= 11 is 1.69. The van der Waals surface area contributed by atoms with Crippen LogP contribution < -0.4 is 0 Å². The van der Waals surface area contributed by atoms with Crippen molar-refractivity contribution in [3.63, 3.8) is 0 Å². The van der Waals surface area contributed by atoms with Crippen molar-refractivity contribution in [2.75, 3.05) is 6.54 Å². The van der Waals surface area contributed by atoms with Gasteiger partial charge in [0.15, 0.2) is 0 Å². The maximum absolute atomic E-state index is 12.5. The summed E-state index contributed by atoms with van der Waals surface area (Å²) in [6.07, 6.45) is 9.88. The van der Waals surface area contributed by atoms with Gasteiger partial charge in [0.2, 0.25) is 5.91 Å². The minimum absolute atomic E-state index is 0.321. The third-order valence-electron chi connectivity index (χ3n) is 4.03. The molecule has 1 aromatic heterocycles. The molecule has 0 radical (unpaired) electrons. The summed E-state index contributed by atoms with van der Waals surface area (Å²) in [5.41, 5.74) is 0. The number of hydrogen-bond donors (Lipinski definition) is 0. The quantitative estimate of drug-likeness (QED) is 0.819. The molecule has 18 heavy (non-hydrogen) atoms. The second-order valence-corrected chi connectivity index (χ2v) is 6.40. The Bertz CT molecular complexity index is 394. The molecule has 0 bridgehead atoms. The Hall–Kier alpha value is -0.900.